The van der Waals surface area contributed by atoms with Gasteiger partial charge in [0.1, 0.15) is 0 Å². The molecular weight excluding hydrogens is 340 g/mol. The molecular formula is C18H21BrN2O. The third kappa shape index (κ3) is 2.98. The molecule has 0 amide bonds. The molecule has 0 aliphatic heterocycles. The summed E-state index contributed by atoms with van der Waals surface area (Å²) >= 11 is 3.49. The van der Waals surface area contributed by atoms with Crippen LogP contribution in [0, 0.1) is 20.8 Å². The van der Waals surface area contributed by atoms with Gasteiger partial charge in [-0.3, -0.25) is 4.79 Å². The zero-order valence-corrected chi connectivity index (χ0v) is 14.8. The van der Waals surface area contributed by atoms with Crippen LogP contribution in [0.4, 0.5) is 5.69 Å². The molecule has 1 heterocycles. The number of aryl methyl sites for hydroxylation is 2. The van der Waals surface area contributed by atoms with E-state index in [1.807, 2.05) is 31.2 Å². The highest BCUT2D eigenvalue weighted by Gasteiger charge is 2.28. The molecule has 0 unspecified atom stereocenters. The van der Waals surface area contributed by atoms with Crippen molar-refractivity contribution in [2.75, 3.05) is 11.9 Å². The monoisotopic (exact) mass is 360 g/mol. The van der Waals surface area contributed by atoms with Crippen molar-refractivity contribution in [3.63, 3.8) is 0 Å². The maximum atomic E-state index is 12.5. The van der Waals surface area contributed by atoms with E-state index in [0.717, 1.165) is 27.0 Å². The Bertz CT molecular complexity index is 729. The largest absolute Gasteiger partial charge is 0.378 e. The molecule has 0 radical (unpaired) electrons. The number of halogens is 1. The Balaban J connectivity index is 1.72. The van der Waals surface area contributed by atoms with E-state index in [1.165, 1.54) is 18.5 Å². The van der Waals surface area contributed by atoms with Crippen LogP contribution in [0.15, 0.2) is 28.7 Å². The van der Waals surface area contributed by atoms with Crippen molar-refractivity contribution in [1.29, 1.82) is 0 Å². The van der Waals surface area contributed by atoms with Crippen LogP contribution in [-0.4, -0.2) is 16.9 Å². The topological polar surface area (TPSA) is 34.0 Å². The Morgan fingerprint density at radius 2 is 2.00 bits per heavy atom. The van der Waals surface area contributed by atoms with Crippen LogP contribution in [0.5, 0.6) is 0 Å². The van der Waals surface area contributed by atoms with Crippen LogP contribution in [0.25, 0.3) is 0 Å². The van der Waals surface area contributed by atoms with E-state index in [9.17, 15) is 4.79 Å². The summed E-state index contributed by atoms with van der Waals surface area (Å²) < 4.78 is 3.40. The minimum absolute atomic E-state index is 0.153. The number of carbonyl (C=O) groups is 1. The van der Waals surface area contributed by atoms with Crippen LogP contribution in [0.1, 0.15) is 46.2 Å². The number of hydrogen-bond donors (Lipinski definition) is 1. The van der Waals surface area contributed by atoms with Gasteiger partial charge in [-0.15, -0.1) is 0 Å². The molecule has 2 aromatic rings. The van der Waals surface area contributed by atoms with Crippen LogP contribution >= 0.6 is 15.9 Å². The first-order chi connectivity index (χ1) is 10.5. The Hall–Kier alpha value is -1.55. The Labute approximate surface area is 139 Å². The van der Waals surface area contributed by atoms with Gasteiger partial charge in [0.2, 0.25) is 0 Å². The molecule has 116 valence electrons. The van der Waals surface area contributed by atoms with E-state index in [0.29, 0.717) is 12.6 Å². The molecule has 0 bridgehead atoms. The second-order valence-corrected chi connectivity index (χ2v) is 6.98. The molecule has 0 atom stereocenters. The van der Waals surface area contributed by atoms with Crippen molar-refractivity contribution >= 4 is 27.4 Å². The van der Waals surface area contributed by atoms with Crippen LogP contribution in [0.3, 0.4) is 0 Å². The summed E-state index contributed by atoms with van der Waals surface area (Å²) in [6.07, 6.45) is 2.47. The van der Waals surface area contributed by atoms with Crippen molar-refractivity contribution in [3.05, 3.63) is 51.3 Å². The number of nitrogens with one attached hydrogen (secondary N) is 1. The van der Waals surface area contributed by atoms with Crippen LogP contribution in [-0.2, 0) is 0 Å². The predicted octanol–water partition coefficient (Wildman–Crippen LogP) is 4.81. The number of Topliss-reactive ketones (excluding diaryl/α,β-unsaturated/α-hetero) is 1. The van der Waals surface area contributed by atoms with E-state index in [-0.39, 0.29) is 5.78 Å². The van der Waals surface area contributed by atoms with Crippen molar-refractivity contribution in [2.24, 2.45) is 0 Å². The van der Waals surface area contributed by atoms with Gasteiger partial charge in [0.05, 0.1) is 6.54 Å². The lowest BCUT2D eigenvalue weighted by atomic mass is 10.1. The number of benzene rings is 1. The summed E-state index contributed by atoms with van der Waals surface area (Å²) in [7, 11) is 0. The van der Waals surface area contributed by atoms with E-state index in [2.05, 4.69) is 39.7 Å². The summed E-state index contributed by atoms with van der Waals surface area (Å²) in [5.41, 5.74) is 5.29. The molecule has 1 saturated carbocycles. The van der Waals surface area contributed by atoms with Gasteiger partial charge in [-0.2, -0.15) is 0 Å². The fourth-order valence-electron chi connectivity index (χ4n) is 2.99. The van der Waals surface area contributed by atoms with Gasteiger partial charge < -0.3 is 9.88 Å². The van der Waals surface area contributed by atoms with Gasteiger partial charge >= 0.3 is 0 Å². The van der Waals surface area contributed by atoms with Gasteiger partial charge in [0.25, 0.3) is 0 Å². The van der Waals surface area contributed by atoms with Crippen molar-refractivity contribution in [1.82, 2.24) is 4.57 Å². The average Bonchev–Trinajstić information content (AvgIpc) is 3.26. The lowest BCUT2D eigenvalue weighted by molar-refractivity contribution is 0.101. The maximum Gasteiger partial charge on any atom is 0.183 e. The summed E-state index contributed by atoms with van der Waals surface area (Å²) in [6, 6.07) is 8.68. The van der Waals surface area contributed by atoms with Gasteiger partial charge in [0.15, 0.2) is 5.78 Å². The van der Waals surface area contributed by atoms with E-state index >= 15 is 0 Å². The Morgan fingerprint density at radius 3 is 2.64 bits per heavy atom. The van der Waals surface area contributed by atoms with Crippen molar-refractivity contribution in [3.8, 4) is 0 Å². The number of anilines is 1. The number of hydrogen-bond acceptors (Lipinski definition) is 2. The van der Waals surface area contributed by atoms with Crippen LogP contribution < -0.4 is 5.32 Å². The number of nitrogens with zero attached hydrogens (tertiary/aromatic N) is 1. The van der Waals surface area contributed by atoms with Gasteiger partial charge in [-0.1, -0.05) is 15.9 Å². The molecule has 22 heavy (non-hydrogen) atoms. The summed E-state index contributed by atoms with van der Waals surface area (Å²) in [5, 5.41) is 3.23. The second-order valence-electron chi connectivity index (χ2n) is 6.13. The highest BCUT2D eigenvalue weighted by atomic mass is 79.9. The molecule has 1 aliphatic carbocycles. The van der Waals surface area contributed by atoms with E-state index < -0.39 is 0 Å². The van der Waals surface area contributed by atoms with Gasteiger partial charge in [0, 0.05) is 33.2 Å². The van der Waals surface area contributed by atoms with Gasteiger partial charge in [-0.05, 0) is 63.4 Å². The molecule has 1 N–H and O–H groups in total. The average molecular weight is 361 g/mol. The molecule has 1 aliphatic rings. The summed E-state index contributed by atoms with van der Waals surface area (Å²) in [5.74, 6) is 0.153. The molecule has 3 nitrogen and oxygen atoms in total. The van der Waals surface area contributed by atoms with Gasteiger partial charge in [-0.25, -0.2) is 0 Å². The lowest BCUT2D eigenvalue weighted by Crippen LogP contribution is -2.15. The minimum Gasteiger partial charge on any atom is -0.378 e. The second kappa shape index (κ2) is 5.92. The standard InChI is InChI=1S/C18H21BrN2O/c1-11-8-14(4-7-17(11)19)20-10-18(22)16-9-12(2)21(13(16)3)15-5-6-15/h4,7-9,15,20H,5-6,10H2,1-3H3. The number of ketones is 1. The lowest BCUT2D eigenvalue weighted by Gasteiger charge is -2.09. The molecule has 0 spiro atoms. The fourth-order valence-corrected chi connectivity index (χ4v) is 3.23. The zero-order chi connectivity index (χ0) is 15.9. The molecule has 4 heteroatoms. The first-order valence-electron chi connectivity index (χ1n) is 7.69. The smallest absolute Gasteiger partial charge is 0.183 e. The molecule has 0 saturated heterocycles. The molecule has 1 aromatic carbocycles. The summed E-state index contributed by atoms with van der Waals surface area (Å²) in [4.78, 5) is 12.5. The minimum atomic E-state index is 0.153. The SMILES string of the molecule is Cc1cc(NCC(=O)c2cc(C)n(C3CC3)c2C)ccc1Br. The maximum absolute atomic E-state index is 12.5. The fraction of sp³-hybridized carbons (Fsp3) is 0.389. The van der Waals surface area contributed by atoms with E-state index in [4.69, 9.17) is 0 Å². The normalized spacial score (nSPS) is 14.2. The highest BCUT2D eigenvalue weighted by Crippen LogP contribution is 2.38. The Morgan fingerprint density at radius 1 is 1.27 bits per heavy atom. The first kappa shape index (κ1) is 15.3. The molecule has 1 aromatic heterocycles. The van der Waals surface area contributed by atoms with E-state index in [1.54, 1.807) is 0 Å². The quantitative estimate of drug-likeness (QED) is 0.776. The number of carbonyl (C=O) groups excluding carboxylic acids is 1. The van der Waals surface area contributed by atoms with Crippen molar-refractivity contribution < 1.29 is 4.79 Å². The predicted molar refractivity (Wildman–Crippen MR) is 93.9 cm³/mol. The van der Waals surface area contributed by atoms with Crippen LogP contribution in [0.2, 0.25) is 0 Å². The highest BCUT2D eigenvalue weighted by molar-refractivity contribution is 9.10. The number of rotatable bonds is 5. The zero-order valence-electron chi connectivity index (χ0n) is 13.2. The third-order valence-electron chi connectivity index (χ3n) is 4.31. The Kier molecular flexibility index (Phi) is 4.13. The number of aromatic nitrogens is 1. The molecule has 1 fully saturated rings. The van der Waals surface area contributed by atoms with Crippen molar-refractivity contribution in [2.45, 2.75) is 39.7 Å². The molecule has 3 rings (SSSR count). The summed E-state index contributed by atoms with van der Waals surface area (Å²) in [6.45, 7) is 6.52. The first-order valence-corrected chi connectivity index (χ1v) is 8.48. The third-order valence-corrected chi connectivity index (χ3v) is 5.20.